The summed E-state index contributed by atoms with van der Waals surface area (Å²) in [5, 5.41) is 10.0. The minimum absolute atomic E-state index is 0.509. The Morgan fingerprint density at radius 3 is 2.68 bits per heavy atom. The third kappa shape index (κ3) is 2.96. The number of hydrogen-bond acceptors (Lipinski definition) is 2. The maximum Gasteiger partial charge on any atom is 0.312 e. The van der Waals surface area contributed by atoms with Crippen molar-refractivity contribution < 1.29 is 14.6 Å². The molecule has 3 aromatic rings. The van der Waals surface area contributed by atoms with Crippen molar-refractivity contribution in [3.63, 3.8) is 0 Å². The van der Waals surface area contributed by atoms with E-state index in [-0.39, 0.29) is 0 Å². The number of ether oxygens (including phenoxy) is 1. The first-order valence-corrected chi connectivity index (χ1v) is 7.15. The summed E-state index contributed by atoms with van der Waals surface area (Å²) in [5.41, 5.74) is 2.72. The molecule has 0 saturated carbocycles. The highest BCUT2D eigenvalue weighted by molar-refractivity contribution is 5.84. The molecule has 0 fully saturated rings. The maximum atomic E-state index is 11.1. The molecule has 0 bridgehead atoms. The van der Waals surface area contributed by atoms with Crippen LogP contribution in [0.1, 0.15) is 24.1 Å². The second-order valence-corrected chi connectivity index (χ2v) is 5.31. The molecule has 1 heterocycles. The molecule has 0 saturated heterocycles. The van der Waals surface area contributed by atoms with E-state index in [9.17, 15) is 4.79 Å². The summed E-state index contributed by atoms with van der Waals surface area (Å²) in [6.45, 7) is 2.18. The van der Waals surface area contributed by atoms with Gasteiger partial charge in [-0.25, -0.2) is 0 Å². The highest BCUT2D eigenvalue weighted by atomic mass is 16.5. The van der Waals surface area contributed by atoms with Gasteiger partial charge < -0.3 is 14.8 Å². The summed E-state index contributed by atoms with van der Waals surface area (Å²) in [7, 11) is 0. The van der Waals surface area contributed by atoms with E-state index >= 15 is 0 Å². The lowest BCUT2D eigenvalue weighted by Crippen LogP contribution is -2.07. The van der Waals surface area contributed by atoms with Crippen molar-refractivity contribution in [3.05, 3.63) is 65.9 Å². The number of aliphatic carboxylic acids is 1. The van der Waals surface area contributed by atoms with E-state index in [0.717, 1.165) is 22.2 Å². The van der Waals surface area contributed by atoms with Gasteiger partial charge in [0.1, 0.15) is 12.4 Å². The summed E-state index contributed by atoms with van der Waals surface area (Å²) in [4.78, 5) is 14.2. The summed E-state index contributed by atoms with van der Waals surface area (Å²) in [6, 6.07) is 17.5. The second-order valence-electron chi connectivity index (χ2n) is 5.31. The van der Waals surface area contributed by atoms with Crippen LogP contribution in [0, 0.1) is 0 Å². The average Bonchev–Trinajstić information content (AvgIpc) is 2.96. The Morgan fingerprint density at radius 2 is 1.95 bits per heavy atom. The van der Waals surface area contributed by atoms with Gasteiger partial charge in [-0.15, -0.1) is 0 Å². The summed E-state index contributed by atoms with van der Waals surface area (Å²) in [5.74, 6) is -0.627. The van der Waals surface area contributed by atoms with Gasteiger partial charge in [-0.1, -0.05) is 30.3 Å². The maximum absolute atomic E-state index is 11.1. The molecule has 1 aromatic heterocycles. The fourth-order valence-electron chi connectivity index (χ4n) is 2.33. The van der Waals surface area contributed by atoms with E-state index in [1.807, 2.05) is 54.6 Å². The fourth-order valence-corrected chi connectivity index (χ4v) is 2.33. The smallest absolute Gasteiger partial charge is 0.312 e. The van der Waals surface area contributed by atoms with Crippen LogP contribution < -0.4 is 4.74 Å². The topological polar surface area (TPSA) is 62.3 Å². The largest absolute Gasteiger partial charge is 0.489 e. The molecular formula is C18H17NO3. The molecule has 0 radical (unpaired) electrons. The van der Waals surface area contributed by atoms with E-state index in [1.54, 1.807) is 6.92 Å². The molecule has 22 heavy (non-hydrogen) atoms. The van der Waals surface area contributed by atoms with E-state index in [4.69, 9.17) is 9.84 Å². The number of aromatic amines is 1. The Morgan fingerprint density at radius 1 is 1.18 bits per heavy atom. The molecule has 2 N–H and O–H groups in total. The van der Waals surface area contributed by atoms with Crippen LogP contribution in [0.15, 0.2) is 54.6 Å². The van der Waals surface area contributed by atoms with Crippen LogP contribution in [0.25, 0.3) is 10.9 Å². The number of aromatic nitrogens is 1. The quantitative estimate of drug-likeness (QED) is 0.749. The summed E-state index contributed by atoms with van der Waals surface area (Å²) in [6.07, 6.45) is 0. The Bertz CT molecular complexity index is 792. The number of nitrogens with one attached hydrogen (secondary N) is 1. The average molecular weight is 295 g/mol. The van der Waals surface area contributed by atoms with E-state index in [2.05, 4.69) is 4.98 Å². The zero-order valence-corrected chi connectivity index (χ0v) is 12.2. The third-order valence-corrected chi connectivity index (χ3v) is 3.70. The Balaban J connectivity index is 1.79. The molecule has 1 atom stereocenters. The number of rotatable bonds is 5. The Kier molecular flexibility index (Phi) is 3.83. The second kappa shape index (κ2) is 5.93. The first-order chi connectivity index (χ1) is 10.6. The van der Waals surface area contributed by atoms with Gasteiger partial charge in [0.25, 0.3) is 0 Å². The van der Waals surface area contributed by atoms with Gasteiger partial charge >= 0.3 is 5.97 Å². The number of H-pyrrole nitrogens is 1. The van der Waals surface area contributed by atoms with Crippen molar-refractivity contribution in [2.45, 2.75) is 19.4 Å². The molecule has 2 aromatic carbocycles. The molecule has 4 nitrogen and oxygen atoms in total. The molecule has 3 rings (SSSR count). The SMILES string of the molecule is CC(C(=O)O)c1cc2cc(OCc3ccccc3)ccc2[nH]1. The van der Waals surface area contributed by atoms with E-state index in [0.29, 0.717) is 12.3 Å². The number of benzene rings is 2. The van der Waals surface area contributed by atoms with Crippen molar-refractivity contribution in [2.75, 3.05) is 0 Å². The van der Waals surface area contributed by atoms with Gasteiger partial charge in [-0.3, -0.25) is 4.79 Å². The molecule has 0 aliphatic heterocycles. The van der Waals surface area contributed by atoms with Crippen LogP contribution in [0.5, 0.6) is 5.75 Å². The molecular weight excluding hydrogens is 278 g/mol. The first-order valence-electron chi connectivity index (χ1n) is 7.15. The van der Waals surface area contributed by atoms with Crippen molar-refractivity contribution in [1.82, 2.24) is 4.98 Å². The van der Waals surface area contributed by atoms with Gasteiger partial charge in [-0.05, 0) is 36.8 Å². The van der Waals surface area contributed by atoms with Crippen LogP contribution >= 0.6 is 0 Å². The molecule has 0 amide bonds. The van der Waals surface area contributed by atoms with Crippen LogP contribution in [-0.4, -0.2) is 16.1 Å². The highest BCUT2D eigenvalue weighted by Gasteiger charge is 2.16. The van der Waals surface area contributed by atoms with Crippen molar-refractivity contribution in [3.8, 4) is 5.75 Å². The number of fused-ring (bicyclic) bond motifs is 1. The minimum atomic E-state index is -0.841. The van der Waals surface area contributed by atoms with Gasteiger partial charge in [-0.2, -0.15) is 0 Å². The molecule has 112 valence electrons. The standard InChI is InChI=1S/C18H17NO3/c1-12(18(20)21)17-10-14-9-15(7-8-16(14)19-17)22-11-13-5-3-2-4-6-13/h2-10,12,19H,11H2,1H3,(H,20,21). The molecule has 0 aliphatic carbocycles. The first kappa shape index (κ1) is 14.2. The molecule has 1 unspecified atom stereocenters. The Hall–Kier alpha value is -2.75. The zero-order valence-electron chi connectivity index (χ0n) is 12.2. The van der Waals surface area contributed by atoms with Crippen LogP contribution in [-0.2, 0) is 11.4 Å². The van der Waals surface area contributed by atoms with Crippen molar-refractivity contribution in [1.29, 1.82) is 0 Å². The molecule has 0 spiro atoms. The number of hydrogen-bond donors (Lipinski definition) is 2. The van der Waals surface area contributed by atoms with E-state index in [1.165, 1.54) is 0 Å². The van der Waals surface area contributed by atoms with Crippen LogP contribution in [0.2, 0.25) is 0 Å². The summed E-state index contributed by atoms with van der Waals surface area (Å²) >= 11 is 0. The van der Waals surface area contributed by atoms with Crippen LogP contribution in [0.4, 0.5) is 0 Å². The monoisotopic (exact) mass is 295 g/mol. The third-order valence-electron chi connectivity index (χ3n) is 3.70. The van der Waals surface area contributed by atoms with Crippen LogP contribution in [0.3, 0.4) is 0 Å². The number of carbonyl (C=O) groups is 1. The highest BCUT2D eigenvalue weighted by Crippen LogP contribution is 2.25. The van der Waals surface area contributed by atoms with E-state index < -0.39 is 11.9 Å². The van der Waals surface area contributed by atoms with Gasteiger partial charge in [0.15, 0.2) is 0 Å². The lowest BCUT2D eigenvalue weighted by molar-refractivity contribution is -0.138. The van der Waals surface area contributed by atoms with Gasteiger partial charge in [0.2, 0.25) is 0 Å². The Labute approximate surface area is 128 Å². The lowest BCUT2D eigenvalue weighted by Gasteiger charge is -2.06. The van der Waals surface area contributed by atoms with Crippen molar-refractivity contribution >= 4 is 16.9 Å². The number of carboxylic acid groups (broad SMARTS) is 1. The molecule has 4 heteroatoms. The number of carboxylic acids is 1. The molecule has 0 aliphatic rings. The normalized spacial score (nSPS) is 12.2. The predicted molar refractivity (Wildman–Crippen MR) is 85.1 cm³/mol. The summed E-state index contributed by atoms with van der Waals surface area (Å²) < 4.78 is 5.79. The van der Waals surface area contributed by atoms with Gasteiger partial charge in [0, 0.05) is 16.6 Å². The predicted octanol–water partition coefficient (Wildman–Crippen LogP) is 3.94. The lowest BCUT2D eigenvalue weighted by atomic mass is 10.1. The zero-order chi connectivity index (χ0) is 15.5. The minimum Gasteiger partial charge on any atom is -0.489 e. The van der Waals surface area contributed by atoms with Crippen molar-refractivity contribution in [2.24, 2.45) is 0 Å². The fraction of sp³-hybridized carbons (Fsp3) is 0.167. The van der Waals surface area contributed by atoms with Gasteiger partial charge in [0.05, 0.1) is 5.92 Å².